The van der Waals surface area contributed by atoms with E-state index in [4.69, 9.17) is 9.15 Å². The van der Waals surface area contributed by atoms with Crippen LogP contribution < -0.4 is 5.32 Å². The van der Waals surface area contributed by atoms with Gasteiger partial charge in [0.15, 0.2) is 0 Å². The Labute approximate surface area is 232 Å². The van der Waals surface area contributed by atoms with Crippen LogP contribution in [0.15, 0.2) is 52.9 Å². The van der Waals surface area contributed by atoms with E-state index in [9.17, 15) is 18.8 Å². The number of nitrogens with zero attached hydrogens (tertiary/aromatic N) is 2. The van der Waals surface area contributed by atoms with Crippen LogP contribution >= 0.6 is 0 Å². The Balaban J connectivity index is 1.43. The number of furan rings is 1. The lowest BCUT2D eigenvalue weighted by molar-refractivity contribution is -0.161. The molecule has 3 aromatic rings. The van der Waals surface area contributed by atoms with Crippen molar-refractivity contribution >= 4 is 28.7 Å². The number of fused-ring (bicyclic) bond motifs is 2. The van der Waals surface area contributed by atoms with Gasteiger partial charge in [-0.1, -0.05) is 44.2 Å². The van der Waals surface area contributed by atoms with Gasteiger partial charge in [-0.3, -0.25) is 14.4 Å². The van der Waals surface area contributed by atoms with E-state index >= 15 is 0 Å². The van der Waals surface area contributed by atoms with Crippen molar-refractivity contribution in [2.45, 2.75) is 51.2 Å². The van der Waals surface area contributed by atoms with Crippen molar-refractivity contribution < 1.29 is 27.9 Å². The first-order chi connectivity index (χ1) is 19.3. The largest absolute Gasteiger partial charge is 0.431 e. The van der Waals surface area contributed by atoms with Crippen LogP contribution in [0, 0.1) is 17.8 Å². The van der Waals surface area contributed by atoms with Crippen molar-refractivity contribution in [2.75, 3.05) is 26.3 Å². The maximum absolute atomic E-state index is 14.5. The molecule has 1 aliphatic carbocycles. The van der Waals surface area contributed by atoms with Crippen molar-refractivity contribution in [3.05, 3.63) is 71.2 Å². The summed E-state index contributed by atoms with van der Waals surface area (Å²) < 4.78 is 24.5. The molecule has 2 fully saturated rings. The molecule has 0 radical (unpaired) electrons. The molecule has 3 aliphatic rings. The van der Waals surface area contributed by atoms with Crippen LogP contribution in [-0.2, 0) is 32.0 Å². The van der Waals surface area contributed by atoms with Gasteiger partial charge in [0.2, 0.25) is 17.7 Å². The molecule has 9 heteroatoms. The van der Waals surface area contributed by atoms with Gasteiger partial charge in [0.05, 0.1) is 13.2 Å². The van der Waals surface area contributed by atoms with Crippen molar-refractivity contribution in [3.63, 3.8) is 0 Å². The second-order valence-corrected chi connectivity index (χ2v) is 11.5. The zero-order chi connectivity index (χ0) is 28.0. The van der Waals surface area contributed by atoms with Gasteiger partial charge in [-0.15, -0.1) is 0 Å². The summed E-state index contributed by atoms with van der Waals surface area (Å²) in [6.07, 6.45) is 1.76. The first kappa shape index (κ1) is 26.5. The number of morpholine rings is 1. The number of amides is 3. The van der Waals surface area contributed by atoms with Gasteiger partial charge in [-0.05, 0) is 59.9 Å². The topological polar surface area (TPSA) is 92.1 Å². The van der Waals surface area contributed by atoms with Gasteiger partial charge >= 0.3 is 0 Å². The van der Waals surface area contributed by atoms with Crippen molar-refractivity contribution in [1.29, 1.82) is 0 Å². The lowest BCUT2D eigenvalue weighted by Gasteiger charge is -2.46. The predicted octanol–water partition coefficient (Wildman–Crippen LogP) is 3.63. The number of rotatable bonds is 6. The zero-order valence-corrected chi connectivity index (χ0v) is 22.8. The van der Waals surface area contributed by atoms with E-state index in [1.165, 1.54) is 22.1 Å². The highest BCUT2D eigenvalue weighted by Gasteiger charge is 2.50. The van der Waals surface area contributed by atoms with Crippen molar-refractivity contribution in [1.82, 2.24) is 15.1 Å². The number of hydrogen-bond acceptors (Lipinski definition) is 5. The lowest BCUT2D eigenvalue weighted by atomic mass is 9.87. The molecule has 3 heterocycles. The van der Waals surface area contributed by atoms with Crippen molar-refractivity contribution in [2.24, 2.45) is 11.8 Å². The van der Waals surface area contributed by atoms with Crippen LogP contribution in [0.4, 0.5) is 4.39 Å². The van der Waals surface area contributed by atoms with Crippen LogP contribution in [0.5, 0.6) is 0 Å². The molecule has 3 amide bonds. The Bertz CT molecular complexity index is 1420. The van der Waals surface area contributed by atoms with E-state index in [2.05, 4.69) is 17.4 Å². The number of carbonyl (C=O) groups excluding carboxylic acids is 3. The Kier molecular flexibility index (Phi) is 7.08. The lowest BCUT2D eigenvalue weighted by Crippen LogP contribution is -2.67. The Hall–Kier alpha value is -3.72. The molecule has 6 rings (SSSR count). The second kappa shape index (κ2) is 10.7. The van der Waals surface area contributed by atoms with E-state index in [0.717, 1.165) is 0 Å². The normalized spacial score (nSPS) is 22.6. The van der Waals surface area contributed by atoms with Gasteiger partial charge in [-0.25, -0.2) is 0 Å². The Morgan fingerprint density at radius 3 is 2.42 bits per heavy atom. The first-order valence-electron chi connectivity index (χ1n) is 14.0. The van der Waals surface area contributed by atoms with E-state index in [-0.39, 0.29) is 29.6 Å². The summed E-state index contributed by atoms with van der Waals surface area (Å²) in [7, 11) is 0. The van der Waals surface area contributed by atoms with Crippen LogP contribution in [-0.4, -0.2) is 65.9 Å². The van der Waals surface area contributed by atoms with Crippen LogP contribution in [0.3, 0.4) is 0 Å². The molecule has 1 aromatic heterocycles. The maximum Gasteiger partial charge on any atom is 0.278 e. The minimum absolute atomic E-state index is 0.0999. The third-order valence-electron chi connectivity index (χ3n) is 8.37. The number of benzene rings is 2. The van der Waals surface area contributed by atoms with Crippen LogP contribution in [0.25, 0.3) is 11.0 Å². The highest BCUT2D eigenvalue weighted by atomic mass is 19.1. The van der Waals surface area contributed by atoms with Gasteiger partial charge in [0.1, 0.15) is 23.7 Å². The smallest absolute Gasteiger partial charge is 0.278 e. The average Bonchev–Trinajstić information content (AvgIpc) is 3.54. The molecular weight excluding hydrogens is 513 g/mol. The number of ether oxygens (including phenoxy) is 1. The fraction of sp³-hybridized carbons (Fsp3) is 0.452. The number of carbonyl (C=O) groups is 3. The molecule has 2 aromatic carbocycles. The SMILES string of the molecule is CC(C)C[C@@H]1C(=O)N[C@H](C2Cc3ccccc3C2)C(=O)N1[C@@H](C(=O)N1CCOCC1)c1ccc2oc(F)cc2c1. The molecule has 8 nitrogen and oxygen atoms in total. The highest BCUT2D eigenvalue weighted by molar-refractivity contribution is 6.00. The highest BCUT2D eigenvalue weighted by Crippen LogP contribution is 2.37. The molecule has 0 unspecified atom stereocenters. The van der Waals surface area contributed by atoms with Gasteiger partial charge in [-0.2, -0.15) is 4.39 Å². The van der Waals surface area contributed by atoms with Gasteiger partial charge < -0.3 is 24.3 Å². The minimum Gasteiger partial charge on any atom is -0.431 e. The molecule has 1 N–H and O–H groups in total. The molecule has 210 valence electrons. The monoisotopic (exact) mass is 547 g/mol. The summed E-state index contributed by atoms with van der Waals surface area (Å²) in [5.41, 5.74) is 3.23. The zero-order valence-electron chi connectivity index (χ0n) is 22.8. The minimum atomic E-state index is -1.05. The van der Waals surface area contributed by atoms with Gasteiger partial charge in [0, 0.05) is 24.5 Å². The summed E-state index contributed by atoms with van der Waals surface area (Å²) in [5, 5.41) is 3.54. The number of nitrogens with one attached hydrogen (secondary N) is 1. The predicted molar refractivity (Wildman–Crippen MR) is 146 cm³/mol. The standard InChI is InChI=1S/C31H34FN3O5/c1-18(2)13-24-29(36)33-27(23-14-19-5-3-4-6-20(19)15-23)30(37)35(24)28(31(38)34-9-11-39-12-10-34)21-7-8-25-22(16-21)17-26(32)40-25/h3-8,16-18,23-24,27-28H,9-15H2,1-2H3,(H,33,36)/t24-,27-,28-/m1/s1. The molecular formula is C31H34FN3O5. The molecule has 0 bridgehead atoms. The third-order valence-corrected chi connectivity index (χ3v) is 8.37. The quantitative estimate of drug-likeness (QED) is 0.509. The van der Waals surface area contributed by atoms with Crippen LogP contribution in [0.2, 0.25) is 0 Å². The first-order valence-corrected chi connectivity index (χ1v) is 14.0. The van der Waals surface area contributed by atoms with Gasteiger partial charge in [0.25, 0.3) is 6.01 Å². The second-order valence-electron chi connectivity index (χ2n) is 11.5. The Morgan fingerprint density at radius 1 is 1.05 bits per heavy atom. The Morgan fingerprint density at radius 2 is 1.75 bits per heavy atom. The fourth-order valence-corrected chi connectivity index (χ4v) is 6.45. The van der Waals surface area contributed by atoms with E-state index in [0.29, 0.717) is 62.1 Å². The summed E-state index contributed by atoms with van der Waals surface area (Å²) in [6.45, 7) is 5.57. The molecule has 40 heavy (non-hydrogen) atoms. The summed E-state index contributed by atoms with van der Waals surface area (Å²) in [6, 6.07) is 11.0. The third kappa shape index (κ3) is 4.87. The molecule has 2 saturated heterocycles. The number of hydrogen-bond donors (Lipinski definition) is 1. The number of piperazine rings is 1. The molecule has 2 aliphatic heterocycles. The van der Waals surface area contributed by atoms with E-state index in [1.807, 2.05) is 26.0 Å². The maximum atomic E-state index is 14.5. The fourth-order valence-electron chi connectivity index (χ4n) is 6.45. The number of halogens is 1. The van der Waals surface area contributed by atoms with Crippen molar-refractivity contribution in [3.8, 4) is 0 Å². The molecule has 0 spiro atoms. The summed E-state index contributed by atoms with van der Waals surface area (Å²) >= 11 is 0. The van der Waals surface area contributed by atoms with E-state index in [1.54, 1.807) is 23.1 Å². The van der Waals surface area contributed by atoms with Crippen LogP contribution in [0.1, 0.15) is 43.0 Å². The summed E-state index contributed by atoms with van der Waals surface area (Å²) in [4.78, 5) is 45.8. The molecule has 0 saturated carbocycles. The average molecular weight is 548 g/mol. The van der Waals surface area contributed by atoms with E-state index < -0.39 is 24.1 Å². The molecule has 3 atom stereocenters. The summed E-state index contributed by atoms with van der Waals surface area (Å²) in [5.74, 6) is -0.779.